The van der Waals surface area contributed by atoms with Crippen molar-refractivity contribution in [2.24, 2.45) is 0 Å². The van der Waals surface area contributed by atoms with Crippen molar-refractivity contribution in [1.29, 1.82) is 0 Å². The van der Waals surface area contributed by atoms with Crippen LogP contribution < -0.4 is 0 Å². The van der Waals surface area contributed by atoms with Crippen molar-refractivity contribution in [2.75, 3.05) is 0 Å². The molecule has 3 heteroatoms. The Hall–Kier alpha value is -0.0813. The molecule has 1 heterocycles. The van der Waals surface area contributed by atoms with Gasteiger partial charge in [0, 0.05) is 0 Å². The molecule has 0 unspecified atom stereocenters. The molecule has 1 aliphatic rings. The van der Waals surface area contributed by atoms with Crippen molar-refractivity contribution >= 4 is 58.9 Å². The molecule has 0 amide bonds. The van der Waals surface area contributed by atoms with Gasteiger partial charge in [-0.2, -0.15) is 0 Å². The Bertz CT molecular complexity index is 733. The van der Waals surface area contributed by atoms with Gasteiger partial charge >= 0.3 is 164 Å². The van der Waals surface area contributed by atoms with Crippen LogP contribution in [0.3, 0.4) is 0 Å². The van der Waals surface area contributed by atoms with E-state index in [9.17, 15) is 0 Å². The van der Waals surface area contributed by atoms with Crippen LogP contribution >= 0.6 is 37.3 Å². The fourth-order valence-electron chi connectivity index (χ4n) is 2.93. The molecule has 0 atom stereocenters. The van der Waals surface area contributed by atoms with E-state index >= 15 is 0 Å². The number of benzene rings is 2. The molecule has 3 rings (SSSR count). The minimum atomic E-state index is -2.56. The summed E-state index contributed by atoms with van der Waals surface area (Å²) in [7, 11) is -2.56. The molecule has 0 saturated heterocycles. The van der Waals surface area contributed by atoms with Gasteiger partial charge in [-0.1, -0.05) is 0 Å². The quantitative estimate of drug-likeness (QED) is 0.250. The van der Waals surface area contributed by atoms with E-state index in [1.807, 2.05) is 0 Å². The van der Waals surface area contributed by atoms with E-state index in [2.05, 4.69) is 124 Å². The van der Waals surface area contributed by atoms with Crippen LogP contribution in [0.2, 0.25) is 0 Å². The van der Waals surface area contributed by atoms with Gasteiger partial charge in [-0.25, -0.2) is 0 Å². The standard InChI is InChI=1S/C20H18.2HI.Sn/c1-17(19-13-5-3-6-14-19)11-9-10-12-18(2)20-15-7-4-8-16-20;;;/h3-10,13-16H,1-2H3;2*1H;/q;;;+2/p-2. The predicted molar refractivity (Wildman–Crippen MR) is 121 cm³/mol. The number of halogens is 2. The van der Waals surface area contributed by atoms with E-state index < -0.39 is 10.4 Å². The maximum atomic E-state index is 2.79. The van der Waals surface area contributed by atoms with Crippen LogP contribution in [-0.2, 0) is 0 Å². The number of rotatable bonds is 2. The van der Waals surface area contributed by atoms with Gasteiger partial charge in [0.25, 0.3) is 0 Å². The molecule has 0 N–H and O–H groups in total. The summed E-state index contributed by atoms with van der Waals surface area (Å²) in [4.78, 5) is 0. The van der Waals surface area contributed by atoms with Gasteiger partial charge < -0.3 is 0 Å². The molecular weight excluding hydrogens is 613 g/mol. The number of allylic oxidation sites excluding steroid dienone is 6. The predicted octanol–water partition coefficient (Wildman–Crippen LogP) is 6.89. The first kappa shape index (κ1) is 17.7. The third-order valence-corrected chi connectivity index (χ3v) is 26.9. The average Bonchev–Trinajstić information content (AvgIpc) is 2.90. The molecule has 0 nitrogen and oxygen atoms in total. The second-order valence-electron chi connectivity index (χ2n) is 5.72. The van der Waals surface area contributed by atoms with E-state index in [0.29, 0.717) is 0 Å². The first-order chi connectivity index (χ1) is 11.0. The van der Waals surface area contributed by atoms with Crippen molar-refractivity contribution in [3.8, 4) is 0 Å². The van der Waals surface area contributed by atoms with Crippen molar-refractivity contribution < 1.29 is 0 Å². The SMILES string of the molecule is C/C(=[C]1C=C/[C](=C(/C)c2ccccc2)[Sn]/1([I])[I])c1ccccc1. The Balaban J connectivity index is 2.09. The van der Waals surface area contributed by atoms with E-state index in [4.69, 9.17) is 0 Å². The zero-order valence-corrected chi connectivity index (χ0v) is 20.4. The molecule has 0 radical (unpaired) electrons. The topological polar surface area (TPSA) is 0 Å². The molecular formula is C20H18I2Sn. The molecule has 2 aromatic carbocycles. The third kappa shape index (κ3) is 3.63. The average molecular weight is 631 g/mol. The fourth-order valence-corrected chi connectivity index (χ4v) is 24.6. The van der Waals surface area contributed by atoms with Crippen LogP contribution in [0.1, 0.15) is 25.0 Å². The molecule has 0 aromatic heterocycles. The fraction of sp³-hybridized carbons (Fsp3) is 0.100. The zero-order chi connectivity index (χ0) is 16.4. The molecule has 0 spiro atoms. The number of hydrogen-bond acceptors (Lipinski definition) is 0. The summed E-state index contributed by atoms with van der Waals surface area (Å²) in [5.74, 6) is 0. The van der Waals surface area contributed by atoms with Crippen molar-refractivity contribution in [2.45, 2.75) is 13.8 Å². The minimum absolute atomic E-state index is 1.35. The van der Waals surface area contributed by atoms with Gasteiger partial charge in [-0.05, 0) is 0 Å². The Morgan fingerprint density at radius 1 is 0.652 bits per heavy atom. The van der Waals surface area contributed by atoms with Crippen molar-refractivity contribution in [3.63, 3.8) is 0 Å². The third-order valence-electron chi connectivity index (χ3n) is 4.31. The van der Waals surface area contributed by atoms with Gasteiger partial charge in [0.15, 0.2) is 0 Å². The van der Waals surface area contributed by atoms with Gasteiger partial charge in [0.05, 0.1) is 0 Å². The summed E-state index contributed by atoms with van der Waals surface area (Å²) >= 11 is 5.59. The summed E-state index contributed by atoms with van der Waals surface area (Å²) in [6, 6.07) is 21.6. The molecule has 23 heavy (non-hydrogen) atoms. The van der Waals surface area contributed by atoms with E-state index in [1.54, 1.807) is 7.18 Å². The molecule has 1 aliphatic heterocycles. The molecule has 116 valence electrons. The zero-order valence-electron chi connectivity index (χ0n) is 13.2. The number of hydrogen-bond donors (Lipinski definition) is 0. The second kappa shape index (κ2) is 7.43. The van der Waals surface area contributed by atoms with E-state index in [0.717, 1.165) is 0 Å². The van der Waals surface area contributed by atoms with Crippen molar-refractivity contribution in [1.82, 2.24) is 0 Å². The summed E-state index contributed by atoms with van der Waals surface area (Å²) in [5, 5.41) is 0. The second-order valence-corrected chi connectivity index (χ2v) is 47.6. The Morgan fingerprint density at radius 3 is 1.35 bits per heavy atom. The van der Waals surface area contributed by atoms with E-state index in [1.165, 1.54) is 22.3 Å². The van der Waals surface area contributed by atoms with E-state index in [-0.39, 0.29) is 0 Å². The van der Waals surface area contributed by atoms with Gasteiger partial charge in [-0.3, -0.25) is 0 Å². The molecule has 0 saturated carbocycles. The van der Waals surface area contributed by atoms with Crippen LogP contribution in [0, 0.1) is 0 Å². The maximum absolute atomic E-state index is 2.79. The summed E-state index contributed by atoms with van der Waals surface area (Å²) in [6.45, 7) is 4.55. The summed E-state index contributed by atoms with van der Waals surface area (Å²) < 4.78 is 3.19. The molecule has 0 aliphatic carbocycles. The Morgan fingerprint density at radius 2 is 1.00 bits per heavy atom. The van der Waals surface area contributed by atoms with Gasteiger partial charge in [-0.15, -0.1) is 0 Å². The van der Waals surface area contributed by atoms with Crippen LogP contribution in [0.25, 0.3) is 11.1 Å². The van der Waals surface area contributed by atoms with Crippen LogP contribution in [0.5, 0.6) is 0 Å². The molecule has 0 fully saturated rings. The normalized spacial score (nSPS) is 20.5. The summed E-state index contributed by atoms with van der Waals surface area (Å²) in [6.07, 6.45) is 4.75. The summed E-state index contributed by atoms with van der Waals surface area (Å²) in [5.41, 5.74) is 5.58. The molecule has 0 bridgehead atoms. The van der Waals surface area contributed by atoms with Gasteiger partial charge in [0.1, 0.15) is 0 Å². The Labute approximate surface area is 162 Å². The van der Waals surface area contributed by atoms with Crippen LogP contribution in [0.15, 0.2) is 80.0 Å². The monoisotopic (exact) mass is 632 g/mol. The van der Waals surface area contributed by atoms with Crippen LogP contribution in [0.4, 0.5) is 0 Å². The molecule has 2 aromatic rings. The van der Waals surface area contributed by atoms with Crippen molar-refractivity contribution in [3.05, 3.63) is 91.1 Å². The van der Waals surface area contributed by atoms with Crippen LogP contribution in [-0.4, -0.2) is 10.4 Å². The first-order valence-electron chi connectivity index (χ1n) is 7.61. The first-order valence-corrected chi connectivity index (χ1v) is 27.1. The Kier molecular flexibility index (Phi) is 5.73. The van der Waals surface area contributed by atoms with Gasteiger partial charge in [0.2, 0.25) is 0 Å².